The number of oxime groups is 1. The zero-order valence-corrected chi connectivity index (χ0v) is 20.8. The summed E-state index contributed by atoms with van der Waals surface area (Å²) in [6.07, 6.45) is -0.171. The second-order valence-corrected chi connectivity index (χ2v) is 10.5. The quantitative estimate of drug-likeness (QED) is 0.280. The highest BCUT2D eigenvalue weighted by atomic mass is 32.2. The van der Waals surface area contributed by atoms with E-state index in [1.54, 1.807) is 35.7 Å². The summed E-state index contributed by atoms with van der Waals surface area (Å²) in [4.78, 5) is 60.4. The second-order valence-electron chi connectivity index (χ2n) is 7.54. The first kappa shape index (κ1) is 24.9. The van der Waals surface area contributed by atoms with Gasteiger partial charge in [-0.2, -0.15) is 0 Å². The second kappa shape index (κ2) is 10.6. The van der Waals surface area contributed by atoms with Crippen LogP contribution in [0.15, 0.2) is 52.1 Å². The van der Waals surface area contributed by atoms with Crippen LogP contribution in [0.3, 0.4) is 0 Å². The highest BCUT2D eigenvalue weighted by molar-refractivity contribution is 8.14. The third kappa shape index (κ3) is 5.11. The van der Waals surface area contributed by atoms with Gasteiger partial charge in [0.05, 0.1) is 11.3 Å². The molecule has 3 N–H and O–H groups in total. The highest BCUT2D eigenvalue weighted by Crippen LogP contribution is 2.45. The van der Waals surface area contributed by atoms with Gasteiger partial charge < -0.3 is 15.7 Å². The van der Waals surface area contributed by atoms with Gasteiger partial charge in [0.2, 0.25) is 11.0 Å². The monoisotopic (exact) mass is 532 g/mol. The van der Waals surface area contributed by atoms with Crippen LogP contribution in [0.4, 0.5) is 5.13 Å². The Kier molecular flexibility index (Phi) is 7.57. The van der Waals surface area contributed by atoms with Gasteiger partial charge in [-0.1, -0.05) is 47.2 Å². The molecule has 0 aliphatic carbocycles. The summed E-state index contributed by atoms with van der Waals surface area (Å²) in [5.74, 6) is -2.38. The molecule has 4 rings (SSSR count). The molecule has 1 fully saturated rings. The van der Waals surface area contributed by atoms with Crippen molar-refractivity contribution in [2.45, 2.75) is 11.8 Å². The van der Waals surface area contributed by atoms with Crippen molar-refractivity contribution in [3.8, 4) is 0 Å². The van der Waals surface area contributed by atoms with Gasteiger partial charge in [-0.15, -0.1) is 23.1 Å². The lowest BCUT2D eigenvalue weighted by Crippen LogP contribution is -2.62. The van der Waals surface area contributed by atoms with Crippen LogP contribution in [0.25, 0.3) is 0 Å². The van der Waals surface area contributed by atoms with Crippen molar-refractivity contribution in [2.24, 2.45) is 11.1 Å². The predicted octanol–water partition coefficient (Wildman–Crippen LogP) is 2.48. The number of nitrogens with two attached hydrogens (primary N) is 1. The van der Waals surface area contributed by atoms with Crippen molar-refractivity contribution in [2.75, 3.05) is 24.3 Å². The van der Waals surface area contributed by atoms with E-state index < -0.39 is 29.0 Å². The molecular weight excluding hydrogens is 512 g/mol. The molecule has 13 heteroatoms. The zero-order valence-electron chi connectivity index (χ0n) is 18.4. The van der Waals surface area contributed by atoms with Crippen molar-refractivity contribution >= 4 is 68.5 Å². The van der Waals surface area contributed by atoms with Gasteiger partial charge in [-0.05, 0) is 5.57 Å². The molecule has 10 nitrogen and oxygen atoms in total. The Hall–Kier alpha value is -3.16. The van der Waals surface area contributed by atoms with Crippen LogP contribution < -0.4 is 5.73 Å². The summed E-state index contributed by atoms with van der Waals surface area (Å²) in [6.45, 7) is 0. The van der Waals surface area contributed by atoms with Crippen molar-refractivity contribution < 1.29 is 29.1 Å². The van der Waals surface area contributed by atoms with Gasteiger partial charge in [-0.25, -0.2) is 9.78 Å². The van der Waals surface area contributed by atoms with Crippen molar-refractivity contribution in [3.05, 3.63) is 58.2 Å². The number of benzene rings is 1. The Morgan fingerprint density at radius 3 is 2.69 bits per heavy atom. The van der Waals surface area contributed by atoms with E-state index in [4.69, 9.17) is 10.6 Å². The Balaban J connectivity index is 1.47. The van der Waals surface area contributed by atoms with Crippen LogP contribution in [0.2, 0.25) is 0 Å². The van der Waals surface area contributed by atoms with E-state index in [1.165, 1.54) is 23.8 Å². The Bertz CT molecular complexity index is 1240. The normalized spacial score (nSPS) is 19.7. The average Bonchev–Trinajstić information content (AvgIpc) is 3.29. The van der Waals surface area contributed by atoms with E-state index in [0.717, 1.165) is 23.1 Å². The number of anilines is 1. The first-order valence-corrected chi connectivity index (χ1v) is 13.2. The molecule has 3 heterocycles. The van der Waals surface area contributed by atoms with Gasteiger partial charge in [0, 0.05) is 28.9 Å². The number of thioether (sulfide) groups is 2. The molecule has 0 radical (unpaired) electrons. The van der Waals surface area contributed by atoms with E-state index >= 15 is 0 Å². The molecule has 0 spiro atoms. The summed E-state index contributed by atoms with van der Waals surface area (Å²) in [7, 11) is 1.29. The van der Waals surface area contributed by atoms with Crippen LogP contribution in [0.5, 0.6) is 0 Å². The molecule has 2 aliphatic rings. The summed E-state index contributed by atoms with van der Waals surface area (Å²) in [5.41, 5.74) is 6.75. The van der Waals surface area contributed by atoms with E-state index in [1.807, 2.05) is 0 Å². The third-order valence-electron chi connectivity index (χ3n) is 5.36. The van der Waals surface area contributed by atoms with Gasteiger partial charge in [0.25, 0.3) is 0 Å². The number of carbonyl (C=O) groups is 4. The summed E-state index contributed by atoms with van der Waals surface area (Å²) in [5, 5.41) is 14.7. The molecule has 1 aromatic heterocycles. The summed E-state index contributed by atoms with van der Waals surface area (Å²) in [6, 6.07) is 8.69. The molecule has 1 amide bonds. The van der Waals surface area contributed by atoms with Gasteiger partial charge in [0.1, 0.15) is 18.5 Å². The average molecular weight is 533 g/mol. The molecule has 182 valence electrons. The van der Waals surface area contributed by atoms with Gasteiger partial charge >= 0.3 is 5.97 Å². The number of carbonyl (C=O) groups excluding carboxylic acids is 3. The minimum absolute atomic E-state index is 0.0435. The number of aliphatic carboxylic acids is 1. The van der Waals surface area contributed by atoms with Gasteiger partial charge in [-0.3, -0.25) is 19.3 Å². The lowest BCUT2D eigenvalue weighted by Gasteiger charge is -2.49. The summed E-state index contributed by atoms with van der Waals surface area (Å²) < 4.78 is 0. The first-order valence-electron chi connectivity index (χ1n) is 10.3. The number of fused-ring (bicyclic) bond motifs is 1. The van der Waals surface area contributed by atoms with E-state index in [0.29, 0.717) is 16.9 Å². The number of hydrogen-bond acceptors (Lipinski definition) is 11. The lowest BCUT2D eigenvalue weighted by molar-refractivity contribution is -0.153. The topological polar surface area (TPSA) is 152 Å². The van der Waals surface area contributed by atoms with Crippen LogP contribution in [0.1, 0.15) is 22.5 Å². The van der Waals surface area contributed by atoms with Crippen LogP contribution >= 0.6 is 34.9 Å². The van der Waals surface area contributed by atoms with E-state index in [9.17, 15) is 24.3 Å². The molecule has 2 atom stereocenters. The fraction of sp³-hybridized carbons (Fsp3) is 0.273. The van der Waals surface area contributed by atoms with Crippen molar-refractivity contribution in [1.82, 2.24) is 9.88 Å². The molecule has 1 unspecified atom stereocenters. The van der Waals surface area contributed by atoms with E-state index in [-0.39, 0.29) is 39.5 Å². The van der Waals surface area contributed by atoms with Crippen LogP contribution in [0, 0.1) is 5.92 Å². The number of carboxylic acids is 1. The maximum Gasteiger partial charge on any atom is 0.352 e. The molecule has 0 saturated carbocycles. The Morgan fingerprint density at radius 1 is 1.31 bits per heavy atom. The number of β-lactam (4-membered cyclic amide) rings is 1. The van der Waals surface area contributed by atoms with E-state index in [2.05, 4.69) is 10.1 Å². The number of hydrogen-bond donors (Lipinski definition) is 2. The number of nitrogens with zero attached hydrogens (tertiary/aromatic N) is 3. The Morgan fingerprint density at radius 2 is 2.06 bits per heavy atom. The largest absolute Gasteiger partial charge is 0.477 e. The van der Waals surface area contributed by atoms with Crippen LogP contribution in [-0.2, 0) is 19.2 Å². The smallest absolute Gasteiger partial charge is 0.352 e. The Labute approximate surface area is 212 Å². The predicted molar refractivity (Wildman–Crippen MR) is 134 cm³/mol. The standard InChI is InChI=1S/C22H20N4O6S3/c1-32-25-16(14-10-35-22(23)24-14)15(27)7-13-18(28)26-17(20(29)30)12(8-33-19(13)26)9-34-21(31)11-5-3-2-4-6-11/h2-6,10,13,19H,7-9H2,1H3,(H2,23,24)(H,29,30)/b25-16-/t13-,19?/m1/s1. The molecule has 1 saturated heterocycles. The number of amides is 1. The van der Waals surface area contributed by atoms with Crippen molar-refractivity contribution in [1.29, 1.82) is 0 Å². The maximum absolute atomic E-state index is 13.0. The van der Waals surface area contributed by atoms with Gasteiger partial charge in [0.15, 0.2) is 16.6 Å². The molecule has 0 bridgehead atoms. The molecule has 2 aliphatic heterocycles. The SMILES string of the molecule is CO/N=C(\C(=O)C[C@@H]1C(=O)N2C(C(=O)O)=C(CSC(=O)c3ccccc3)CSC12)c1csc(N)n1. The summed E-state index contributed by atoms with van der Waals surface area (Å²) >= 11 is 3.51. The number of aromatic nitrogens is 1. The molecular formula is C22H20N4O6S3. The molecule has 2 aromatic rings. The molecule has 35 heavy (non-hydrogen) atoms. The minimum Gasteiger partial charge on any atom is -0.477 e. The lowest BCUT2D eigenvalue weighted by atomic mass is 9.89. The van der Waals surface area contributed by atoms with Crippen LogP contribution in [-0.4, -0.2) is 67.5 Å². The number of carboxylic acid groups (broad SMARTS) is 1. The first-order chi connectivity index (χ1) is 16.8. The number of thiazole rings is 1. The third-order valence-corrected chi connectivity index (χ3v) is 8.42. The van der Waals surface area contributed by atoms with Crippen molar-refractivity contribution in [3.63, 3.8) is 0 Å². The number of nitrogen functional groups attached to an aromatic ring is 1. The zero-order chi connectivity index (χ0) is 25.1. The fourth-order valence-corrected chi connectivity index (χ4v) is 6.70. The number of ketones is 1. The number of rotatable bonds is 9. The fourth-order valence-electron chi connectivity index (χ4n) is 3.76. The highest BCUT2D eigenvalue weighted by Gasteiger charge is 2.54. The number of Topliss-reactive ketones (excluding diaryl/α,β-unsaturated/α-hetero) is 1. The minimum atomic E-state index is -1.24. The maximum atomic E-state index is 13.0. The molecule has 1 aromatic carbocycles.